The first-order valence-corrected chi connectivity index (χ1v) is 14.3. The summed E-state index contributed by atoms with van der Waals surface area (Å²) in [4.78, 5) is 34.1. The largest absolute Gasteiger partial charge is 0.481 e. The van der Waals surface area contributed by atoms with Crippen molar-refractivity contribution in [3.8, 4) is 0 Å². The predicted molar refractivity (Wildman–Crippen MR) is 137 cm³/mol. The summed E-state index contributed by atoms with van der Waals surface area (Å²) in [6.07, 6.45) is 7.92. The van der Waals surface area contributed by atoms with Gasteiger partial charge in [0.05, 0.1) is 11.2 Å². The van der Waals surface area contributed by atoms with Crippen LogP contribution in [-0.4, -0.2) is 69.5 Å². The molecule has 1 aromatic rings. The highest BCUT2D eigenvalue weighted by Gasteiger charge is 2.56. The van der Waals surface area contributed by atoms with Gasteiger partial charge in [-0.1, -0.05) is 6.92 Å². The van der Waals surface area contributed by atoms with Gasteiger partial charge in [0, 0.05) is 32.6 Å². The Morgan fingerprint density at radius 2 is 1.97 bits per heavy atom. The van der Waals surface area contributed by atoms with Crippen LogP contribution in [-0.2, 0) is 4.79 Å². The maximum absolute atomic E-state index is 13.8. The Bertz CT molecular complexity index is 956. The average Bonchev–Trinajstić information content (AvgIpc) is 2.80. The van der Waals surface area contributed by atoms with E-state index in [9.17, 15) is 19.8 Å². The minimum Gasteiger partial charge on any atom is -0.481 e. The zero-order valence-electron chi connectivity index (χ0n) is 21.0. The lowest BCUT2D eigenvalue weighted by Crippen LogP contribution is -2.61. The third-order valence-electron chi connectivity index (χ3n) is 8.78. The Morgan fingerprint density at radius 3 is 2.63 bits per heavy atom. The molecule has 8 heteroatoms. The minimum atomic E-state index is -0.745. The number of aliphatic hydroxyl groups is 1. The summed E-state index contributed by atoms with van der Waals surface area (Å²) >= 11 is 1.64. The number of carboxylic acid groups (broad SMARTS) is 1. The molecule has 4 bridgehead atoms. The number of anilines is 1. The van der Waals surface area contributed by atoms with E-state index in [4.69, 9.17) is 4.98 Å². The van der Waals surface area contributed by atoms with Crippen molar-refractivity contribution in [3.05, 3.63) is 17.7 Å². The van der Waals surface area contributed by atoms with Gasteiger partial charge in [-0.15, -0.1) is 11.8 Å². The summed E-state index contributed by atoms with van der Waals surface area (Å²) in [5, 5.41) is 21.0. The number of piperidine rings is 1. The number of rotatable bonds is 8. The lowest BCUT2D eigenvalue weighted by atomic mass is 9.52. The van der Waals surface area contributed by atoms with Crippen LogP contribution < -0.4 is 4.90 Å². The molecule has 2 heterocycles. The molecule has 1 aromatic heterocycles. The third kappa shape index (κ3) is 5.06. The van der Waals surface area contributed by atoms with Crippen molar-refractivity contribution in [2.75, 3.05) is 30.8 Å². The fraction of sp³-hybridized carbons (Fsp3) is 0.741. The maximum Gasteiger partial charge on any atom is 0.303 e. The molecule has 1 aliphatic heterocycles. The van der Waals surface area contributed by atoms with E-state index in [0.29, 0.717) is 29.9 Å². The number of pyridine rings is 1. The fourth-order valence-electron chi connectivity index (χ4n) is 7.68. The van der Waals surface area contributed by atoms with Crippen LogP contribution in [0.15, 0.2) is 17.2 Å². The summed E-state index contributed by atoms with van der Waals surface area (Å²) in [6, 6.07) is 4.07. The molecular weight excluding hydrogens is 462 g/mol. The first kappa shape index (κ1) is 24.9. The molecule has 1 saturated heterocycles. The van der Waals surface area contributed by atoms with Gasteiger partial charge in [-0.25, -0.2) is 4.98 Å². The first-order valence-electron chi connectivity index (χ1n) is 13.4. The third-order valence-corrected chi connectivity index (χ3v) is 9.98. The number of aromatic nitrogens is 1. The van der Waals surface area contributed by atoms with Crippen LogP contribution in [0.2, 0.25) is 0 Å². The maximum atomic E-state index is 13.8. The van der Waals surface area contributed by atoms with Crippen molar-refractivity contribution in [2.45, 2.75) is 81.4 Å². The highest BCUT2D eigenvalue weighted by molar-refractivity contribution is 7.99. The fourth-order valence-corrected chi connectivity index (χ4v) is 8.54. The van der Waals surface area contributed by atoms with Crippen LogP contribution in [0.1, 0.15) is 75.1 Å². The number of hydrogen-bond donors (Lipinski definition) is 2. The van der Waals surface area contributed by atoms with E-state index in [1.165, 1.54) is 0 Å². The number of nitrogens with zero attached hydrogens (tertiary/aromatic N) is 3. The zero-order chi connectivity index (χ0) is 24.7. The molecule has 7 nitrogen and oxygen atoms in total. The van der Waals surface area contributed by atoms with E-state index in [2.05, 4.69) is 11.8 Å². The van der Waals surface area contributed by atoms with E-state index in [1.807, 2.05) is 24.1 Å². The summed E-state index contributed by atoms with van der Waals surface area (Å²) in [5.41, 5.74) is 0.163. The van der Waals surface area contributed by atoms with Crippen molar-refractivity contribution >= 4 is 29.5 Å². The van der Waals surface area contributed by atoms with Gasteiger partial charge in [-0.05, 0) is 92.9 Å². The highest BCUT2D eigenvalue weighted by atomic mass is 32.2. The smallest absolute Gasteiger partial charge is 0.303 e. The van der Waals surface area contributed by atoms with Gasteiger partial charge in [0.1, 0.15) is 10.8 Å². The van der Waals surface area contributed by atoms with Gasteiger partial charge in [0.2, 0.25) is 0 Å². The Hall–Kier alpha value is -1.80. The molecule has 5 aliphatic rings. The Kier molecular flexibility index (Phi) is 7.05. The van der Waals surface area contributed by atoms with Crippen LogP contribution in [0, 0.1) is 23.7 Å². The number of aliphatic carboxylic acids is 1. The molecule has 4 aliphatic carbocycles. The summed E-state index contributed by atoms with van der Waals surface area (Å²) in [7, 11) is 1.95. The van der Waals surface area contributed by atoms with Crippen LogP contribution in [0.5, 0.6) is 0 Å². The predicted octanol–water partition coefficient (Wildman–Crippen LogP) is 4.29. The number of carbonyl (C=O) groups is 2. The van der Waals surface area contributed by atoms with Crippen LogP contribution in [0.4, 0.5) is 5.82 Å². The summed E-state index contributed by atoms with van der Waals surface area (Å²) < 4.78 is 0. The van der Waals surface area contributed by atoms with Gasteiger partial charge in [-0.3, -0.25) is 9.59 Å². The number of amides is 1. The van der Waals surface area contributed by atoms with Gasteiger partial charge in [-0.2, -0.15) is 0 Å². The Balaban J connectivity index is 1.36. The zero-order valence-corrected chi connectivity index (χ0v) is 21.8. The van der Waals surface area contributed by atoms with Crippen LogP contribution in [0.25, 0.3) is 0 Å². The molecule has 0 spiro atoms. The second-order valence-electron chi connectivity index (χ2n) is 11.5. The monoisotopic (exact) mass is 501 g/mol. The first-order chi connectivity index (χ1) is 16.8. The average molecular weight is 502 g/mol. The molecular formula is C27H39N3O4S. The molecule has 1 amide bonds. The second-order valence-corrected chi connectivity index (χ2v) is 12.6. The lowest BCUT2D eigenvalue weighted by Gasteiger charge is -2.59. The molecule has 4 saturated carbocycles. The molecule has 192 valence electrons. The molecule has 6 rings (SSSR count). The van der Waals surface area contributed by atoms with Crippen molar-refractivity contribution in [3.63, 3.8) is 0 Å². The summed E-state index contributed by atoms with van der Waals surface area (Å²) in [5.74, 6) is 2.55. The molecule has 3 atom stereocenters. The van der Waals surface area contributed by atoms with Crippen molar-refractivity contribution in [1.82, 2.24) is 9.88 Å². The van der Waals surface area contributed by atoms with Gasteiger partial charge in [0.25, 0.3) is 5.91 Å². The molecule has 3 unspecified atom stereocenters. The lowest BCUT2D eigenvalue weighted by molar-refractivity contribution is -0.152. The van der Waals surface area contributed by atoms with Crippen LogP contribution >= 0.6 is 11.8 Å². The van der Waals surface area contributed by atoms with Gasteiger partial charge < -0.3 is 20.0 Å². The topological polar surface area (TPSA) is 94.0 Å². The van der Waals surface area contributed by atoms with E-state index in [1.54, 1.807) is 11.8 Å². The van der Waals surface area contributed by atoms with Gasteiger partial charge >= 0.3 is 5.97 Å². The number of carbonyl (C=O) groups excluding carboxylic acids is 1. The number of hydrogen-bond acceptors (Lipinski definition) is 6. The molecule has 5 fully saturated rings. The number of thioether (sulfide) groups is 1. The molecule has 0 aromatic carbocycles. The molecule has 2 N–H and O–H groups in total. The van der Waals surface area contributed by atoms with Crippen molar-refractivity contribution in [2.24, 2.45) is 23.7 Å². The number of carboxylic acids is 1. The normalized spacial score (nSPS) is 33.7. The van der Waals surface area contributed by atoms with E-state index >= 15 is 0 Å². The van der Waals surface area contributed by atoms with E-state index in [0.717, 1.165) is 74.5 Å². The Labute approximate surface area is 212 Å². The van der Waals surface area contributed by atoms with E-state index < -0.39 is 11.6 Å². The quantitative estimate of drug-likeness (QED) is 0.513. The SMILES string of the molecule is CCCSc1nc(N2CCCC(CC(=O)O)C2)ccc1C(=O)N(C)C1C2CC3CC1CC(O)(C3)C2. The van der Waals surface area contributed by atoms with Crippen molar-refractivity contribution in [1.29, 1.82) is 0 Å². The summed E-state index contributed by atoms with van der Waals surface area (Å²) in [6.45, 7) is 3.69. The van der Waals surface area contributed by atoms with Crippen LogP contribution in [0.3, 0.4) is 0 Å². The molecule has 35 heavy (non-hydrogen) atoms. The van der Waals surface area contributed by atoms with Gasteiger partial charge in [0.15, 0.2) is 0 Å². The van der Waals surface area contributed by atoms with Crippen molar-refractivity contribution < 1.29 is 19.8 Å². The second kappa shape index (κ2) is 9.92. The van der Waals surface area contributed by atoms with E-state index in [-0.39, 0.29) is 24.3 Å². The highest BCUT2D eigenvalue weighted by Crippen LogP contribution is 2.57. The minimum absolute atomic E-state index is 0.0366. The standard InChI is InChI=1S/C27H39N3O4S/c1-3-9-35-25-21(6-7-22(28-25)30-8-4-5-17(16-30)12-23(31)32)26(33)29(2)24-19-10-18-11-20(24)15-27(34,13-18)14-19/h6-7,17-20,24,34H,3-5,8-16H2,1-2H3,(H,31,32). The molecule has 0 radical (unpaired) electrons. The Morgan fingerprint density at radius 1 is 1.23 bits per heavy atom.